The molecule has 21 heavy (non-hydrogen) atoms. The van der Waals surface area contributed by atoms with Crippen LogP contribution in [0.4, 0.5) is 0 Å². The summed E-state index contributed by atoms with van der Waals surface area (Å²) in [5, 5.41) is 5.02. The first-order valence-corrected chi connectivity index (χ1v) is 6.45. The zero-order chi connectivity index (χ0) is 15.7. The molecule has 0 aromatic rings. The van der Waals surface area contributed by atoms with Crippen molar-refractivity contribution in [3.05, 3.63) is 14.0 Å². The molecule has 0 saturated heterocycles. The van der Waals surface area contributed by atoms with Crippen LogP contribution < -0.4 is 10.6 Å². The molecule has 0 saturated carbocycles. The number of carbonyl (C=O) groups excluding carboxylic acids is 4. The summed E-state index contributed by atoms with van der Waals surface area (Å²) in [6.45, 7) is 6.16. The number of Topliss-reactive ketones (excluding diaryl/α,β-unsaturated/α-hetero) is 3. The minimum Gasteiger partial charge on any atom is -0.464 e. The maximum Gasteiger partial charge on any atom is 2.00 e. The number of amides is 1. The Morgan fingerprint density at radius 2 is 1.67 bits per heavy atom. The normalized spacial score (nSPS) is 12.8. The Morgan fingerprint density at radius 1 is 1.10 bits per heavy atom. The van der Waals surface area contributed by atoms with E-state index in [-0.39, 0.29) is 63.6 Å². The van der Waals surface area contributed by atoms with Crippen molar-refractivity contribution in [3.63, 3.8) is 0 Å². The van der Waals surface area contributed by atoms with Crippen LogP contribution in [0.5, 0.6) is 0 Å². The Bertz CT molecular complexity index is 385. The summed E-state index contributed by atoms with van der Waals surface area (Å²) in [6, 6.07) is -1.30. The number of hydrogen-bond acceptors (Lipinski definition) is 5. The standard InChI is InChI=1S/C14H22N2O4.W/c1-5-14(20)13(16-10(3)18)8-11(19)6-7-12(15-4)9(2)17;/h12-13,15H,1,4-8H2,2-3H3,(H,16,18);/q-2;+2. The molecule has 0 aliphatic heterocycles. The third-order valence-corrected chi connectivity index (χ3v) is 2.89. The van der Waals surface area contributed by atoms with Crippen molar-refractivity contribution >= 4 is 23.3 Å². The van der Waals surface area contributed by atoms with Gasteiger partial charge in [-0.1, -0.05) is 0 Å². The second-order valence-electron chi connectivity index (χ2n) is 4.62. The van der Waals surface area contributed by atoms with Gasteiger partial charge in [-0.05, 0) is 13.3 Å². The van der Waals surface area contributed by atoms with E-state index < -0.39 is 12.1 Å². The molecular weight excluding hydrogens is 444 g/mol. The Balaban J connectivity index is 0. The van der Waals surface area contributed by atoms with Gasteiger partial charge in [0.05, 0.1) is 6.04 Å². The van der Waals surface area contributed by atoms with Crippen LogP contribution in [0, 0.1) is 14.0 Å². The smallest absolute Gasteiger partial charge is 0.464 e. The van der Waals surface area contributed by atoms with Crippen LogP contribution in [0.1, 0.15) is 39.5 Å². The monoisotopic (exact) mass is 466 g/mol. The van der Waals surface area contributed by atoms with Gasteiger partial charge >= 0.3 is 21.1 Å². The predicted molar refractivity (Wildman–Crippen MR) is 74.4 cm³/mol. The molecule has 1 amide bonds. The molecule has 0 spiro atoms. The molecule has 0 rings (SSSR count). The second-order valence-corrected chi connectivity index (χ2v) is 4.62. The first kappa shape index (κ1) is 22.4. The van der Waals surface area contributed by atoms with Gasteiger partial charge in [0.1, 0.15) is 17.3 Å². The van der Waals surface area contributed by atoms with Gasteiger partial charge in [0.25, 0.3) is 0 Å². The Hall–Kier alpha value is -0.872. The molecule has 6 nitrogen and oxygen atoms in total. The fourth-order valence-electron chi connectivity index (χ4n) is 1.75. The Morgan fingerprint density at radius 3 is 2.05 bits per heavy atom. The van der Waals surface area contributed by atoms with Crippen LogP contribution in [0.15, 0.2) is 0 Å². The molecule has 2 unspecified atom stereocenters. The first-order chi connectivity index (χ1) is 9.31. The molecule has 0 aromatic carbocycles. The first-order valence-electron chi connectivity index (χ1n) is 6.45. The van der Waals surface area contributed by atoms with E-state index in [1.807, 2.05) is 0 Å². The van der Waals surface area contributed by atoms with E-state index in [1.54, 1.807) is 0 Å². The summed E-state index contributed by atoms with van der Waals surface area (Å²) in [5.41, 5.74) is 0. The van der Waals surface area contributed by atoms with Gasteiger partial charge in [-0.3, -0.25) is 21.4 Å². The molecule has 0 aromatic heterocycles. The van der Waals surface area contributed by atoms with Gasteiger partial charge < -0.3 is 22.4 Å². The van der Waals surface area contributed by atoms with Crippen molar-refractivity contribution in [1.29, 1.82) is 0 Å². The quantitative estimate of drug-likeness (QED) is 0.454. The third kappa shape index (κ3) is 9.64. The number of ketones is 3. The molecule has 2 N–H and O–H groups in total. The molecular formula is C14H22N2O4W. The average Bonchev–Trinajstić information content (AvgIpc) is 2.36. The molecule has 0 fully saturated rings. The van der Waals surface area contributed by atoms with Crippen LogP contribution in [0.3, 0.4) is 0 Å². The van der Waals surface area contributed by atoms with Gasteiger partial charge in [0.2, 0.25) is 5.91 Å². The Kier molecular flexibility index (Phi) is 12.5. The van der Waals surface area contributed by atoms with Crippen LogP contribution in [0.2, 0.25) is 0 Å². The number of carbonyl (C=O) groups is 4. The summed E-state index contributed by atoms with van der Waals surface area (Å²) in [7, 11) is 3.43. The van der Waals surface area contributed by atoms with E-state index >= 15 is 0 Å². The van der Waals surface area contributed by atoms with E-state index in [9.17, 15) is 19.2 Å². The van der Waals surface area contributed by atoms with Gasteiger partial charge in [0.15, 0.2) is 0 Å². The maximum atomic E-state index is 11.8. The van der Waals surface area contributed by atoms with E-state index in [4.69, 9.17) is 0 Å². The van der Waals surface area contributed by atoms with E-state index in [0.29, 0.717) is 6.42 Å². The van der Waals surface area contributed by atoms with Crippen molar-refractivity contribution in [2.45, 2.75) is 51.6 Å². The number of nitrogens with one attached hydrogen (secondary N) is 2. The molecule has 7 heteroatoms. The molecule has 0 aliphatic carbocycles. The van der Waals surface area contributed by atoms with Crippen LogP contribution in [0.25, 0.3) is 0 Å². The van der Waals surface area contributed by atoms with Crippen molar-refractivity contribution in [1.82, 2.24) is 10.6 Å². The average molecular weight is 466 g/mol. The van der Waals surface area contributed by atoms with Crippen LogP contribution in [-0.4, -0.2) is 35.3 Å². The fourth-order valence-corrected chi connectivity index (χ4v) is 1.75. The van der Waals surface area contributed by atoms with Crippen LogP contribution >= 0.6 is 0 Å². The topological polar surface area (TPSA) is 92.3 Å². The van der Waals surface area contributed by atoms with Crippen molar-refractivity contribution in [2.24, 2.45) is 0 Å². The molecule has 0 aliphatic rings. The second kappa shape index (κ2) is 11.8. The van der Waals surface area contributed by atoms with E-state index in [1.165, 1.54) is 13.8 Å². The summed E-state index contributed by atoms with van der Waals surface area (Å²) < 4.78 is 0. The molecule has 0 bridgehead atoms. The zero-order valence-electron chi connectivity index (χ0n) is 12.4. The number of rotatable bonds is 10. The zero-order valence-corrected chi connectivity index (χ0v) is 15.4. The molecule has 0 heterocycles. The van der Waals surface area contributed by atoms with Crippen molar-refractivity contribution < 1.29 is 40.2 Å². The summed E-state index contributed by atoms with van der Waals surface area (Å²) >= 11 is 0. The van der Waals surface area contributed by atoms with Gasteiger partial charge in [-0.15, -0.1) is 6.42 Å². The summed E-state index contributed by atoms with van der Waals surface area (Å²) in [4.78, 5) is 45.6. The van der Waals surface area contributed by atoms with Gasteiger partial charge in [0, 0.05) is 25.8 Å². The van der Waals surface area contributed by atoms with Gasteiger partial charge in [-0.25, -0.2) is 0 Å². The maximum absolute atomic E-state index is 11.8. The van der Waals surface area contributed by atoms with E-state index in [0.717, 1.165) is 0 Å². The Labute approximate surface area is 140 Å². The SMILES string of the molecule is [CH2-]CC(=O)C(CC(=O)CCC(N[CH2-])C(C)=O)NC(C)=O.[W+2]. The minimum absolute atomic E-state index is 0. The van der Waals surface area contributed by atoms with Crippen LogP contribution in [-0.2, 0) is 40.2 Å². The van der Waals surface area contributed by atoms with Crippen molar-refractivity contribution in [2.75, 3.05) is 0 Å². The number of hydrogen-bond donors (Lipinski definition) is 2. The van der Waals surface area contributed by atoms with Crippen molar-refractivity contribution in [3.8, 4) is 0 Å². The largest absolute Gasteiger partial charge is 2.00 e. The summed E-state index contributed by atoms with van der Waals surface area (Å²) in [6.07, 6.45) is 0.404. The predicted octanol–water partition coefficient (Wildman–Crippen LogP) is 0.360. The van der Waals surface area contributed by atoms with Gasteiger partial charge in [-0.2, -0.15) is 0 Å². The molecule has 2 atom stereocenters. The summed E-state index contributed by atoms with van der Waals surface area (Å²) in [5.74, 6) is -0.940. The minimum atomic E-state index is -0.832. The molecule has 118 valence electrons. The third-order valence-electron chi connectivity index (χ3n) is 2.89. The van der Waals surface area contributed by atoms with E-state index in [2.05, 4.69) is 24.6 Å². The fraction of sp³-hybridized carbons (Fsp3) is 0.571. The molecule has 0 radical (unpaired) electrons.